The quantitative estimate of drug-likeness (QED) is 0.142. The number of amides is 4. The molecule has 1 heterocycles. The van der Waals surface area contributed by atoms with Gasteiger partial charge in [-0.15, -0.1) is 0 Å². The van der Waals surface area contributed by atoms with Crippen molar-refractivity contribution in [3.63, 3.8) is 0 Å². The Morgan fingerprint density at radius 1 is 0.915 bits per heavy atom. The molecule has 1 aliphatic rings. The number of nitrogens with zero attached hydrogens (tertiary/aromatic N) is 1. The Hall–Kier alpha value is -5.64. The highest BCUT2D eigenvalue weighted by atomic mass is 16.4. The van der Waals surface area contributed by atoms with Gasteiger partial charge in [-0.2, -0.15) is 0 Å². The van der Waals surface area contributed by atoms with Gasteiger partial charge in [-0.3, -0.25) is 14.4 Å². The van der Waals surface area contributed by atoms with Gasteiger partial charge in [0.1, 0.15) is 6.04 Å². The van der Waals surface area contributed by atoms with Crippen molar-refractivity contribution in [3.05, 3.63) is 125 Å². The Kier molecular flexibility index (Phi) is 9.89. The van der Waals surface area contributed by atoms with Crippen molar-refractivity contribution in [2.45, 2.75) is 51.7 Å². The predicted molar refractivity (Wildman–Crippen MR) is 182 cm³/mol. The molecule has 0 aliphatic carbocycles. The fourth-order valence-electron chi connectivity index (χ4n) is 5.55. The second-order valence-corrected chi connectivity index (χ2v) is 12.2. The van der Waals surface area contributed by atoms with E-state index in [1.54, 1.807) is 29.2 Å². The molecule has 10 nitrogen and oxygen atoms in total. The van der Waals surface area contributed by atoms with Crippen LogP contribution in [0.1, 0.15) is 52.9 Å². The number of aryl methyl sites for hydroxylation is 1. The summed E-state index contributed by atoms with van der Waals surface area (Å²) in [6.07, 6.45) is 0.295. The summed E-state index contributed by atoms with van der Waals surface area (Å²) >= 11 is 0. The normalized spacial score (nSPS) is 14.3. The molecule has 0 saturated carbocycles. The molecule has 1 unspecified atom stereocenters. The van der Waals surface area contributed by atoms with E-state index in [0.29, 0.717) is 42.1 Å². The molecule has 1 aliphatic heterocycles. The summed E-state index contributed by atoms with van der Waals surface area (Å²) in [7, 11) is 0. The van der Waals surface area contributed by atoms with E-state index in [1.165, 1.54) is 0 Å². The van der Waals surface area contributed by atoms with Crippen LogP contribution in [0.25, 0.3) is 0 Å². The van der Waals surface area contributed by atoms with Crippen molar-refractivity contribution >= 4 is 40.9 Å². The zero-order chi connectivity index (χ0) is 33.6. The molecule has 1 atom stereocenters. The lowest BCUT2D eigenvalue weighted by Gasteiger charge is -2.28. The maximum Gasteiger partial charge on any atom is 0.323 e. The fourth-order valence-corrected chi connectivity index (χ4v) is 5.55. The lowest BCUT2D eigenvalue weighted by Crippen LogP contribution is -2.42. The fraction of sp³-hybridized carbons (Fsp3) is 0.243. The third-order valence-electron chi connectivity index (χ3n) is 8.24. The first-order chi connectivity index (χ1) is 22.5. The zero-order valence-electron chi connectivity index (χ0n) is 26.7. The third kappa shape index (κ3) is 8.35. The number of hydrogen-bond acceptors (Lipinski definition) is 5. The van der Waals surface area contributed by atoms with E-state index in [2.05, 4.69) is 21.3 Å². The minimum atomic E-state index is -1.06. The lowest BCUT2D eigenvalue weighted by molar-refractivity contribution is -0.141. The predicted octanol–water partition coefficient (Wildman–Crippen LogP) is 6.14. The SMILES string of the molecule is Cc1ccccc1NC(=O)Nc1ccc(C(=O)NC(C)(C)c2ccc3c(c2)CN(CCc2ccccc2)C(=O)C(CC(=O)O)N3)cc1. The summed E-state index contributed by atoms with van der Waals surface area (Å²) < 4.78 is 0. The standard InChI is InChI=1S/C37H39N5O5/c1-24-9-7-8-12-30(24)40-36(47)38-29-16-13-26(14-17-29)34(45)41-37(2,3)28-15-18-31-27(21-28)23-42(20-19-25-10-5-4-6-11-25)35(46)32(39-31)22-33(43)44/h4-18,21,32,39H,19-20,22-23H2,1-3H3,(H,41,45)(H,43,44)(H2,38,40,47). The molecule has 0 radical (unpaired) electrons. The van der Waals surface area contributed by atoms with Crippen LogP contribution in [0, 0.1) is 6.92 Å². The second kappa shape index (κ2) is 14.2. The number of urea groups is 1. The second-order valence-electron chi connectivity index (χ2n) is 12.2. The van der Waals surface area contributed by atoms with E-state index >= 15 is 0 Å². The Morgan fingerprint density at radius 3 is 2.32 bits per heavy atom. The Morgan fingerprint density at radius 2 is 1.62 bits per heavy atom. The molecule has 0 aromatic heterocycles. The largest absolute Gasteiger partial charge is 0.481 e. The van der Waals surface area contributed by atoms with E-state index in [-0.39, 0.29) is 24.3 Å². The minimum Gasteiger partial charge on any atom is -0.481 e. The Bertz CT molecular complexity index is 1770. The van der Waals surface area contributed by atoms with Crippen molar-refractivity contribution in [2.24, 2.45) is 0 Å². The van der Waals surface area contributed by atoms with Crippen LogP contribution < -0.4 is 21.3 Å². The van der Waals surface area contributed by atoms with Crippen molar-refractivity contribution in [2.75, 3.05) is 22.5 Å². The highest BCUT2D eigenvalue weighted by Crippen LogP contribution is 2.30. The first kappa shape index (κ1) is 32.7. The molecule has 5 N–H and O–H groups in total. The Balaban J connectivity index is 1.27. The van der Waals surface area contributed by atoms with Crippen LogP contribution in [0.5, 0.6) is 0 Å². The van der Waals surface area contributed by atoms with Gasteiger partial charge in [-0.05, 0) is 91.9 Å². The summed E-state index contributed by atoms with van der Waals surface area (Å²) in [4.78, 5) is 52.5. The molecule has 242 valence electrons. The van der Waals surface area contributed by atoms with Crippen molar-refractivity contribution in [1.29, 1.82) is 0 Å². The van der Waals surface area contributed by atoms with Crippen molar-refractivity contribution in [1.82, 2.24) is 10.2 Å². The van der Waals surface area contributed by atoms with Gasteiger partial charge in [0.15, 0.2) is 0 Å². The number of nitrogens with one attached hydrogen (secondary N) is 4. The van der Waals surface area contributed by atoms with Crippen molar-refractivity contribution in [3.8, 4) is 0 Å². The van der Waals surface area contributed by atoms with E-state index in [4.69, 9.17) is 0 Å². The zero-order valence-corrected chi connectivity index (χ0v) is 26.7. The maximum atomic E-state index is 13.5. The highest BCUT2D eigenvalue weighted by molar-refractivity contribution is 6.01. The van der Waals surface area contributed by atoms with Crippen LogP contribution in [0.4, 0.5) is 21.9 Å². The van der Waals surface area contributed by atoms with Gasteiger partial charge in [0.05, 0.1) is 12.0 Å². The Labute approximate surface area is 274 Å². The number of carbonyl (C=O) groups is 4. The maximum absolute atomic E-state index is 13.5. The number of para-hydroxylation sites is 1. The first-order valence-corrected chi connectivity index (χ1v) is 15.5. The number of aliphatic carboxylic acids is 1. The molecule has 4 amide bonds. The lowest BCUT2D eigenvalue weighted by atomic mass is 9.91. The van der Waals surface area contributed by atoms with Crippen molar-refractivity contribution < 1.29 is 24.3 Å². The summed E-state index contributed by atoms with van der Waals surface area (Å²) in [5.74, 6) is -1.61. The average Bonchev–Trinajstić information content (AvgIpc) is 3.16. The number of carboxylic acids is 1. The molecule has 0 saturated heterocycles. The number of hydrogen-bond donors (Lipinski definition) is 5. The highest BCUT2D eigenvalue weighted by Gasteiger charge is 2.32. The topological polar surface area (TPSA) is 140 Å². The number of carbonyl (C=O) groups excluding carboxylic acids is 3. The van der Waals surface area contributed by atoms with Gasteiger partial charge in [-0.25, -0.2) is 4.79 Å². The third-order valence-corrected chi connectivity index (χ3v) is 8.24. The van der Waals surface area contributed by atoms with Gasteiger partial charge in [-0.1, -0.05) is 54.6 Å². The van der Waals surface area contributed by atoms with Gasteiger partial charge in [0.2, 0.25) is 5.91 Å². The average molecular weight is 634 g/mol. The molecular weight excluding hydrogens is 594 g/mol. The molecule has 4 aromatic carbocycles. The molecule has 10 heteroatoms. The molecule has 0 spiro atoms. The molecule has 0 bridgehead atoms. The summed E-state index contributed by atoms with van der Waals surface area (Å²) in [5.41, 5.74) is 5.26. The van der Waals surface area contributed by atoms with Crippen LogP contribution in [0.2, 0.25) is 0 Å². The number of carboxylic acid groups (broad SMARTS) is 1. The van der Waals surface area contributed by atoms with E-state index in [1.807, 2.05) is 93.6 Å². The molecule has 47 heavy (non-hydrogen) atoms. The van der Waals surface area contributed by atoms with E-state index < -0.39 is 17.6 Å². The van der Waals surface area contributed by atoms with Gasteiger partial charge >= 0.3 is 12.0 Å². The van der Waals surface area contributed by atoms with E-state index in [0.717, 1.165) is 22.3 Å². The number of rotatable bonds is 10. The smallest absolute Gasteiger partial charge is 0.323 e. The van der Waals surface area contributed by atoms with Crippen LogP contribution in [0.3, 0.4) is 0 Å². The number of benzene rings is 4. The summed E-state index contributed by atoms with van der Waals surface area (Å²) in [6, 6.07) is 28.3. The molecule has 5 rings (SSSR count). The number of anilines is 3. The van der Waals surface area contributed by atoms with Gasteiger partial charge in [0.25, 0.3) is 5.91 Å². The number of fused-ring (bicyclic) bond motifs is 1. The molecule has 0 fully saturated rings. The van der Waals surface area contributed by atoms with Gasteiger partial charge in [0, 0.05) is 35.7 Å². The van der Waals surface area contributed by atoms with Gasteiger partial charge < -0.3 is 31.3 Å². The van der Waals surface area contributed by atoms with Crippen LogP contribution in [-0.2, 0) is 28.1 Å². The molecule has 4 aromatic rings. The van der Waals surface area contributed by atoms with Crippen LogP contribution in [-0.4, -0.2) is 46.4 Å². The van der Waals surface area contributed by atoms with E-state index in [9.17, 15) is 24.3 Å². The minimum absolute atomic E-state index is 0.265. The summed E-state index contributed by atoms with van der Waals surface area (Å²) in [6.45, 7) is 6.44. The van der Waals surface area contributed by atoms with Crippen LogP contribution in [0.15, 0.2) is 97.1 Å². The first-order valence-electron chi connectivity index (χ1n) is 15.5. The monoisotopic (exact) mass is 633 g/mol. The van der Waals surface area contributed by atoms with Crippen LogP contribution >= 0.6 is 0 Å². The summed E-state index contributed by atoms with van der Waals surface area (Å²) in [5, 5.41) is 21.3. The molecular formula is C37H39N5O5.